The summed E-state index contributed by atoms with van der Waals surface area (Å²) in [6.07, 6.45) is 3.43. The van der Waals surface area contributed by atoms with E-state index in [-0.39, 0.29) is 13.0 Å². The molecule has 2 rings (SSSR count). The van der Waals surface area contributed by atoms with Crippen molar-refractivity contribution in [1.29, 1.82) is 0 Å². The molecule has 0 spiro atoms. The van der Waals surface area contributed by atoms with Crippen LogP contribution in [0, 0.1) is 0 Å². The molecule has 3 unspecified atom stereocenters. The van der Waals surface area contributed by atoms with Crippen LogP contribution in [0.2, 0.25) is 0 Å². The van der Waals surface area contributed by atoms with E-state index in [0.29, 0.717) is 18.5 Å². The summed E-state index contributed by atoms with van der Waals surface area (Å²) in [5, 5.41) is 13.8. The first-order chi connectivity index (χ1) is 14.2. The van der Waals surface area contributed by atoms with Crippen molar-refractivity contribution in [2.45, 2.75) is 43.8 Å². The van der Waals surface area contributed by atoms with Crippen molar-refractivity contribution in [2.24, 2.45) is 11.5 Å². The highest BCUT2D eigenvalue weighted by atomic mass is 16.4. The molecule has 1 aliphatic rings. The average molecular weight is 423 g/mol. The summed E-state index contributed by atoms with van der Waals surface area (Å²) >= 11 is 0. The summed E-state index contributed by atoms with van der Waals surface area (Å²) in [5.74, 6) is -4.03. The topological polar surface area (TPSA) is 214 Å². The molecule has 30 heavy (non-hydrogen) atoms. The van der Waals surface area contributed by atoms with E-state index in [4.69, 9.17) is 16.6 Å². The number of aromatic nitrogens is 2. The van der Waals surface area contributed by atoms with E-state index in [1.165, 1.54) is 17.4 Å². The fourth-order valence-corrected chi connectivity index (χ4v) is 3.12. The molecule has 0 saturated carbocycles. The minimum atomic E-state index is -1.33. The number of hydrogen-bond donors (Lipinski definition) is 6. The Morgan fingerprint density at radius 1 is 1.30 bits per heavy atom. The Balaban J connectivity index is 1.92. The van der Waals surface area contributed by atoms with Gasteiger partial charge in [0, 0.05) is 24.9 Å². The largest absolute Gasteiger partial charge is 0.480 e. The Labute approximate surface area is 171 Å². The Hall–Kier alpha value is -3.48. The molecule has 0 aliphatic carbocycles. The number of carbonyl (C=O) groups is 5. The van der Waals surface area contributed by atoms with E-state index in [1.807, 2.05) is 0 Å². The summed E-state index contributed by atoms with van der Waals surface area (Å²) in [6.45, 7) is -0.205. The van der Waals surface area contributed by atoms with Crippen LogP contribution in [-0.2, 0) is 30.4 Å². The van der Waals surface area contributed by atoms with Gasteiger partial charge in [0.05, 0.1) is 25.3 Å². The maximum Gasteiger partial charge on any atom is 0.326 e. The van der Waals surface area contributed by atoms with Crippen molar-refractivity contribution in [2.75, 3.05) is 13.1 Å². The quantitative estimate of drug-likeness (QED) is 0.225. The number of carboxylic acid groups (broad SMARTS) is 1. The second kappa shape index (κ2) is 10.3. The summed E-state index contributed by atoms with van der Waals surface area (Å²) < 4.78 is 0. The van der Waals surface area contributed by atoms with Crippen LogP contribution >= 0.6 is 0 Å². The molecule has 0 bridgehead atoms. The minimum absolute atomic E-state index is 0.126. The van der Waals surface area contributed by atoms with Gasteiger partial charge in [-0.15, -0.1) is 0 Å². The fourth-order valence-electron chi connectivity index (χ4n) is 3.12. The van der Waals surface area contributed by atoms with E-state index in [0.717, 1.165) is 0 Å². The molecule has 0 aromatic carbocycles. The molecule has 164 valence electrons. The van der Waals surface area contributed by atoms with Crippen LogP contribution in [0.4, 0.5) is 0 Å². The predicted molar refractivity (Wildman–Crippen MR) is 101 cm³/mol. The van der Waals surface area contributed by atoms with Gasteiger partial charge in [0.15, 0.2) is 0 Å². The normalized spacial score (nSPS) is 17.8. The van der Waals surface area contributed by atoms with E-state index in [1.54, 1.807) is 0 Å². The first kappa shape index (κ1) is 22.8. The Morgan fingerprint density at radius 2 is 2.03 bits per heavy atom. The summed E-state index contributed by atoms with van der Waals surface area (Å²) in [7, 11) is 0. The van der Waals surface area contributed by atoms with Crippen LogP contribution in [0.3, 0.4) is 0 Å². The number of likely N-dealkylation sites (tertiary alicyclic amines) is 1. The maximum atomic E-state index is 12.4. The Kier molecular flexibility index (Phi) is 7.86. The van der Waals surface area contributed by atoms with Crippen molar-refractivity contribution in [3.05, 3.63) is 18.2 Å². The van der Waals surface area contributed by atoms with E-state index >= 15 is 0 Å². The lowest BCUT2D eigenvalue weighted by Gasteiger charge is -2.23. The molecule has 1 aromatic rings. The fraction of sp³-hybridized carbons (Fsp3) is 0.529. The second-order valence-electron chi connectivity index (χ2n) is 6.92. The SMILES string of the molecule is NC(=O)CC(NC(=O)C(N)Cc1cnc[nH]1)C(=O)NCC(=O)N1CCCC1C(=O)O. The zero-order chi connectivity index (χ0) is 22.3. The molecular weight excluding hydrogens is 398 g/mol. The number of imidazole rings is 1. The van der Waals surface area contributed by atoms with Crippen LogP contribution in [0.15, 0.2) is 12.5 Å². The Morgan fingerprint density at radius 3 is 2.63 bits per heavy atom. The molecule has 1 fully saturated rings. The molecule has 1 aliphatic heterocycles. The van der Waals surface area contributed by atoms with E-state index < -0.39 is 60.7 Å². The standard InChI is InChI=1S/C17H25N7O6/c18-10(4-9-6-20-8-22-9)15(27)23-11(5-13(19)25)16(28)21-7-14(26)24-3-1-2-12(24)17(29)30/h6,8,10-12H,1-5,7,18H2,(H2,19,25)(H,20,22)(H,21,28)(H,23,27)(H,29,30). The van der Waals surface area contributed by atoms with Gasteiger partial charge in [0.1, 0.15) is 12.1 Å². The first-order valence-corrected chi connectivity index (χ1v) is 9.30. The monoisotopic (exact) mass is 423 g/mol. The molecule has 3 atom stereocenters. The summed E-state index contributed by atoms with van der Waals surface area (Å²) in [4.78, 5) is 67.2. The average Bonchev–Trinajstić information content (AvgIpc) is 3.36. The van der Waals surface area contributed by atoms with Crippen molar-refractivity contribution in [1.82, 2.24) is 25.5 Å². The molecule has 2 heterocycles. The zero-order valence-electron chi connectivity index (χ0n) is 16.2. The lowest BCUT2D eigenvalue weighted by molar-refractivity contribution is -0.148. The van der Waals surface area contributed by atoms with Crippen molar-refractivity contribution < 1.29 is 29.1 Å². The number of nitrogens with zero attached hydrogens (tertiary/aromatic N) is 2. The highest BCUT2D eigenvalue weighted by Gasteiger charge is 2.34. The number of aromatic amines is 1. The Bertz CT molecular complexity index is 797. The third kappa shape index (κ3) is 6.27. The van der Waals surface area contributed by atoms with Crippen LogP contribution in [0.25, 0.3) is 0 Å². The molecule has 13 nitrogen and oxygen atoms in total. The number of aliphatic carboxylic acids is 1. The van der Waals surface area contributed by atoms with Crippen molar-refractivity contribution >= 4 is 29.6 Å². The van der Waals surface area contributed by atoms with E-state index in [9.17, 15) is 24.0 Å². The van der Waals surface area contributed by atoms with Gasteiger partial charge in [-0.3, -0.25) is 19.2 Å². The number of hydrogen-bond acceptors (Lipinski definition) is 7. The van der Waals surface area contributed by atoms with Crippen LogP contribution in [-0.4, -0.2) is 80.8 Å². The number of primary amides is 1. The maximum absolute atomic E-state index is 12.4. The van der Waals surface area contributed by atoms with Gasteiger partial charge in [-0.2, -0.15) is 0 Å². The van der Waals surface area contributed by atoms with Gasteiger partial charge in [-0.05, 0) is 12.8 Å². The van der Waals surface area contributed by atoms with Crippen molar-refractivity contribution in [3.8, 4) is 0 Å². The number of nitrogens with one attached hydrogen (secondary N) is 3. The third-order valence-electron chi connectivity index (χ3n) is 4.64. The third-order valence-corrected chi connectivity index (χ3v) is 4.64. The van der Waals surface area contributed by atoms with Gasteiger partial charge in [-0.1, -0.05) is 0 Å². The number of carbonyl (C=O) groups excluding carboxylic acids is 4. The van der Waals surface area contributed by atoms with Gasteiger partial charge in [0.2, 0.25) is 23.6 Å². The number of nitrogens with two attached hydrogens (primary N) is 2. The lowest BCUT2D eigenvalue weighted by Crippen LogP contribution is -2.54. The molecule has 13 heteroatoms. The first-order valence-electron chi connectivity index (χ1n) is 9.30. The number of carboxylic acids is 1. The zero-order valence-corrected chi connectivity index (χ0v) is 16.2. The minimum Gasteiger partial charge on any atom is -0.480 e. The molecule has 4 amide bonds. The summed E-state index contributed by atoms with van der Waals surface area (Å²) in [5.41, 5.74) is 11.6. The van der Waals surface area contributed by atoms with E-state index in [2.05, 4.69) is 20.6 Å². The van der Waals surface area contributed by atoms with Gasteiger partial charge in [0.25, 0.3) is 0 Å². The van der Waals surface area contributed by atoms with Gasteiger partial charge < -0.3 is 37.1 Å². The molecule has 1 saturated heterocycles. The lowest BCUT2D eigenvalue weighted by atomic mass is 10.1. The van der Waals surface area contributed by atoms with Gasteiger partial charge in [-0.25, -0.2) is 9.78 Å². The van der Waals surface area contributed by atoms with Crippen LogP contribution in [0.1, 0.15) is 25.0 Å². The highest BCUT2D eigenvalue weighted by molar-refractivity contribution is 5.95. The van der Waals surface area contributed by atoms with Crippen LogP contribution in [0.5, 0.6) is 0 Å². The van der Waals surface area contributed by atoms with Crippen LogP contribution < -0.4 is 22.1 Å². The molecular formula is C17H25N7O6. The molecule has 1 aromatic heterocycles. The summed E-state index contributed by atoms with van der Waals surface area (Å²) in [6, 6.07) is -3.28. The molecule has 0 radical (unpaired) electrons. The second-order valence-corrected chi connectivity index (χ2v) is 6.92. The number of rotatable bonds is 10. The number of H-pyrrole nitrogens is 1. The molecule has 8 N–H and O–H groups in total. The highest BCUT2D eigenvalue weighted by Crippen LogP contribution is 2.17. The van der Waals surface area contributed by atoms with Gasteiger partial charge >= 0.3 is 5.97 Å². The number of amides is 4. The smallest absolute Gasteiger partial charge is 0.326 e. The van der Waals surface area contributed by atoms with Crippen molar-refractivity contribution in [3.63, 3.8) is 0 Å². The predicted octanol–water partition coefficient (Wildman–Crippen LogP) is -3.17.